The van der Waals surface area contributed by atoms with Gasteiger partial charge in [-0.05, 0) is 42.5 Å². The van der Waals surface area contributed by atoms with Gasteiger partial charge in [-0.2, -0.15) is 24.7 Å². The van der Waals surface area contributed by atoms with Gasteiger partial charge in [-0.25, -0.2) is 4.68 Å². The number of hydrogen-bond acceptors (Lipinski definition) is 7. The third-order valence-corrected chi connectivity index (χ3v) is 6.84. The quantitative estimate of drug-likeness (QED) is 0.452. The second kappa shape index (κ2) is 8.15. The number of rotatable bonds is 7. The molecule has 170 valence electrons. The van der Waals surface area contributed by atoms with Crippen LogP contribution in [0.15, 0.2) is 48.9 Å². The third-order valence-electron chi connectivity index (χ3n) is 6.84. The normalized spacial score (nSPS) is 21.8. The van der Waals surface area contributed by atoms with Crippen molar-refractivity contribution in [3.63, 3.8) is 0 Å². The van der Waals surface area contributed by atoms with Crippen LogP contribution in [0, 0.1) is 11.8 Å². The molecule has 6 rings (SSSR count). The number of benzene rings is 1. The first-order valence-electron chi connectivity index (χ1n) is 11.6. The lowest BCUT2D eigenvalue weighted by Crippen LogP contribution is -2.44. The van der Waals surface area contributed by atoms with Crippen LogP contribution in [-0.4, -0.2) is 48.6 Å². The van der Waals surface area contributed by atoms with Crippen LogP contribution in [0.1, 0.15) is 37.3 Å². The molecular weight excluding hydrogens is 416 g/mol. The summed E-state index contributed by atoms with van der Waals surface area (Å²) in [5, 5.41) is 15.9. The van der Waals surface area contributed by atoms with Crippen molar-refractivity contribution in [1.82, 2.24) is 34.7 Å². The highest BCUT2D eigenvalue weighted by molar-refractivity contribution is 5.53. The van der Waals surface area contributed by atoms with Gasteiger partial charge in [0.25, 0.3) is 0 Å². The van der Waals surface area contributed by atoms with Crippen LogP contribution in [0.3, 0.4) is 0 Å². The summed E-state index contributed by atoms with van der Waals surface area (Å²) in [5.41, 5.74) is 3.99. The molecule has 33 heavy (non-hydrogen) atoms. The molecule has 9 heteroatoms. The van der Waals surface area contributed by atoms with Gasteiger partial charge in [0, 0.05) is 37.0 Å². The molecule has 0 spiro atoms. The number of aromatic nitrogens is 6. The summed E-state index contributed by atoms with van der Waals surface area (Å²) in [6.45, 7) is 6.96. The summed E-state index contributed by atoms with van der Waals surface area (Å²) in [7, 11) is 0. The number of nitrogens with zero attached hydrogens (tertiary/aromatic N) is 6. The number of para-hydroxylation sites is 1. The molecule has 2 fully saturated rings. The molecule has 3 aromatic heterocycles. The van der Waals surface area contributed by atoms with Gasteiger partial charge in [0.2, 0.25) is 5.95 Å². The van der Waals surface area contributed by atoms with Gasteiger partial charge in [0.05, 0.1) is 11.9 Å². The van der Waals surface area contributed by atoms with Crippen molar-refractivity contribution in [2.24, 2.45) is 11.8 Å². The van der Waals surface area contributed by atoms with Crippen LogP contribution in [0.5, 0.6) is 6.01 Å². The fourth-order valence-electron chi connectivity index (χ4n) is 4.91. The standard InChI is InChI=1S/C24H28N8O/c1-15(2)18-14-28-32-22(18)29-24(33-21-10-17-11-25-13-19(17)21)30-23(32)26-12-16-6-3-4-7-20(16)31-9-5-8-27-31/h3-9,14-15,17,19,21,25H,10-13H2,1-2H3,(H,26,29,30). The first-order valence-corrected chi connectivity index (χ1v) is 11.6. The van der Waals surface area contributed by atoms with E-state index >= 15 is 0 Å². The Morgan fingerprint density at radius 2 is 2.06 bits per heavy atom. The molecule has 3 unspecified atom stereocenters. The minimum Gasteiger partial charge on any atom is -0.460 e. The van der Waals surface area contributed by atoms with E-state index in [9.17, 15) is 0 Å². The second-order valence-electron chi connectivity index (χ2n) is 9.23. The lowest BCUT2D eigenvalue weighted by atomic mass is 9.73. The zero-order valence-corrected chi connectivity index (χ0v) is 18.8. The minimum absolute atomic E-state index is 0.172. The Balaban J connectivity index is 1.31. The van der Waals surface area contributed by atoms with Crippen molar-refractivity contribution in [2.75, 3.05) is 18.4 Å². The number of anilines is 1. The van der Waals surface area contributed by atoms with Gasteiger partial charge in [0.15, 0.2) is 5.65 Å². The molecule has 4 aromatic rings. The zero-order chi connectivity index (χ0) is 22.4. The third kappa shape index (κ3) is 3.62. The molecule has 0 radical (unpaired) electrons. The van der Waals surface area contributed by atoms with Gasteiger partial charge in [-0.1, -0.05) is 32.0 Å². The first kappa shape index (κ1) is 20.2. The highest BCUT2D eigenvalue weighted by atomic mass is 16.5. The van der Waals surface area contributed by atoms with E-state index in [1.54, 1.807) is 10.7 Å². The molecule has 9 nitrogen and oxygen atoms in total. The molecule has 3 atom stereocenters. The monoisotopic (exact) mass is 444 g/mol. The maximum Gasteiger partial charge on any atom is 0.322 e. The smallest absolute Gasteiger partial charge is 0.322 e. The van der Waals surface area contributed by atoms with E-state index < -0.39 is 0 Å². The van der Waals surface area contributed by atoms with Crippen LogP contribution < -0.4 is 15.4 Å². The Hall–Kier alpha value is -3.46. The van der Waals surface area contributed by atoms with E-state index in [-0.39, 0.29) is 6.10 Å². The number of fused-ring (bicyclic) bond motifs is 2. The Bertz CT molecular complexity index is 1260. The van der Waals surface area contributed by atoms with E-state index in [0.29, 0.717) is 30.3 Å². The van der Waals surface area contributed by atoms with E-state index in [1.807, 2.05) is 35.3 Å². The summed E-state index contributed by atoms with van der Waals surface area (Å²) >= 11 is 0. The lowest BCUT2D eigenvalue weighted by molar-refractivity contribution is 0.0101. The molecular formula is C24H28N8O. The molecule has 2 N–H and O–H groups in total. The van der Waals surface area contributed by atoms with Gasteiger partial charge in [-0.3, -0.25) is 0 Å². The average Bonchev–Trinajstić information content (AvgIpc) is 3.55. The largest absolute Gasteiger partial charge is 0.460 e. The number of hydrogen-bond donors (Lipinski definition) is 2. The van der Waals surface area contributed by atoms with Crippen LogP contribution >= 0.6 is 0 Å². The summed E-state index contributed by atoms with van der Waals surface area (Å²) in [6.07, 6.45) is 6.83. The molecule has 2 aliphatic rings. The van der Waals surface area contributed by atoms with Gasteiger partial charge in [-0.15, -0.1) is 0 Å². The first-order chi connectivity index (χ1) is 16.2. The number of nitrogens with one attached hydrogen (secondary N) is 2. The van der Waals surface area contributed by atoms with Crippen molar-refractivity contribution in [3.05, 3.63) is 60.0 Å². The summed E-state index contributed by atoms with van der Waals surface area (Å²) in [6, 6.07) is 10.5. The summed E-state index contributed by atoms with van der Waals surface area (Å²) < 4.78 is 9.94. The highest BCUT2D eigenvalue weighted by Crippen LogP contribution is 2.39. The lowest BCUT2D eigenvalue weighted by Gasteiger charge is -2.38. The number of ether oxygens (including phenoxy) is 1. The maximum absolute atomic E-state index is 6.29. The van der Waals surface area contributed by atoms with Crippen molar-refractivity contribution >= 4 is 11.6 Å². The van der Waals surface area contributed by atoms with Gasteiger partial charge >= 0.3 is 6.01 Å². The molecule has 0 amide bonds. The van der Waals surface area contributed by atoms with E-state index in [4.69, 9.17) is 14.7 Å². The predicted molar refractivity (Wildman–Crippen MR) is 125 cm³/mol. The molecule has 1 aliphatic carbocycles. The second-order valence-corrected chi connectivity index (χ2v) is 9.23. The van der Waals surface area contributed by atoms with E-state index in [0.717, 1.165) is 47.9 Å². The van der Waals surface area contributed by atoms with E-state index in [1.165, 1.54) is 0 Å². The molecule has 0 bridgehead atoms. The van der Waals surface area contributed by atoms with Crippen molar-refractivity contribution in [1.29, 1.82) is 0 Å². The Morgan fingerprint density at radius 3 is 2.88 bits per heavy atom. The van der Waals surface area contributed by atoms with Crippen LogP contribution in [0.2, 0.25) is 0 Å². The topological polar surface area (TPSA) is 94.2 Å². The SMILES string of the molecule is CC(C)c1cnn2c(NCc3ccccc3-n3cccn3)nc(OC3CC4CNCC43)nc12. The van der Waals surface area contributed by atoms with Gasteiger partial charge in [0.1, 0.15) is 6.10 Å². The van der Waals surface area contributed by atoms with Crippen molar-refractivity contribution in [2.45, 2.75) is 38.8 Å². The fourth-order valence-corrected chi connectivity index (χ4v) is 4.91. The fraction of sp³-hybridized carbons (Fsp3) is 0.417. The minimum atomic E-state index is 0.172. The van der Waals surface area contributed by atoms with Crippen LogP contribution in [0.25, 0.3) is 11.3 Å². The van der Waals surface area contributed by atoms with E-state index in [2.05, 4.69) is 46.8 Å². The molecule has 1 saturated heterocycles. The predicted octanol–water partition coefficient (Wildman–Crippen LogP) is 3.03. The Kier molecular flexibility index (Phi) is 4.98. The van der Waals surface area contributed by atoms with Crippen molar-refractivity contribution in [3.8, 4) is 11.7 Å². The molecule has 4 heterocycles. The highest BCUT2D eigenvalue weighted by Gasteiger charge is 2.46. The summed E-state index contributed by atoms with van der Waals surface area (Å²) in [4.78, 5) is 9.49. The van der Waals surface area contributed by atoms with Crippen LogP contribution in [-0.2, 0) is 6.54 Å². The molecule has 1 aliphatic heterocycles. The van der Waals surface area contributed by atoms with Crippen molar-refractivity contribution < 1.29 is 4.74 Å². The summed E-state index contributed by atoms with van der Waals surface area (Å²) in [5.74, 6) is 2.19. The molecule has 1 aromatic carbocycles. The Labute approximate surface area is 192 Å². The average molecular weight is 445 g/mol. The molecule has 1 saturated carbocycles. The zero-order valence-electron chi connectivity index (χ0n) is 18.8. The maximum atomic E-state index is 6.29. The Morgan fingerprint density at radius 1 is 1.15 bits per heavy atom. The van der Waals surface area contributed by atoms with Gasteiger partial charge < -0.3 is 15.4 Å². The van der Waals surface area contributed by atoms with Crippen LogP contribution in [0.4, 0.5) is 5.95 Å².